The largest absolute Gasteiger partial charge is 0.501 e. The van der Waals surface area contributed by atoms with Crippen LogP contribution in [0.4, 0.5) is 5.69 Å². The minimum absolute atomic E-state index is 0.198. The monoisotopic (exact) mass is 460 g/mol. The van der Waals surface area contributed by atoms with E-state index in [4.69, 9.17) is 0 Å². The number of amides is 1. The first kappa shape index (κ1) is 22.4. The van der Waals surface area contributed by atoms with Crippen LogP contribution in [0.5, 0.6) is 5.75 Å². The predicted octanol–water partition coefficient (Wildman–Crippen LogP) is 1.66. The van der Waals surface area contributed by atoms with Crippen LogP contribution < -0.4 is 10.9 Å². The molecule has 0 saturated heterocycles. The van der Waals surface area contributed by atoms with E-state index in [1.54, 1.807) is 38.2 Å². The number of rotatable bonds is 6. The quantitative estimate of drug-likeness (QED) is 0.435. The van der Waals surface area contributed by atoms with Gasteiger partial charge < -0.3 is 14.9 Å². The second-order valence-electron chi connectivity index (χ2n) is 7.64. The molecule has 0 aliphatic carbocycles. The number of hydrogen-bond acceptors (Lipinski definition) is 9. The second kappa shape index (κ2) is 8.99. The first-order valence-corrected chi connectivity index (χ1v) is 10.2. The smallest absolute Gasteiger partial charge is 0.296 e. The van der Waals surface area contributed by atoms with Gasteiger partial charge in [0, 0.05) is 20.0 Å². The van der Waals surface area contributed by atoms with Crippen LogP contribution in [0.3, 0.4) is 0 Å². The summed E-state index contributed by atoms with van der Waals surface area (Å²) in [5, 5.41) is 30.4. The highest BCUT2D eigenvalue weighted by molar-refractivity contribution is 6.04. The van der Waals surface area contributed by atoms with Gasteiger partial charge in [0.2, 0.25) is 5.75 Å². The fourth-order valence-electron chi connectivity index (χ4n) is 3.78. The van der Waals surface area contributed by atoms with Crippen molar-refractivity contribution in [3.63, 3.8) is 0 Å². The molecule has 0 fully saturated rings. The lowest BCUT2D eigenvalue weighted by atomic mass is 9.83. The van der Waals surface area contributed by atoms with Crippen LogP contribution in [-0.2, 0) is 14.1 Å². The average molecular weight is 460 g/mol. The Morgan fingerprint density at radius 1 is 1.29 bits per heavy atom. The summed E-state index contributed by atoms with van der Waals surface area (Å²) in [6, 6.07) is 9.18. The molecular formula is C22H20N8O4. The van der Waals surface area contributed by atoms with E-state index in [0.717, 1.165) is 0 Å². The molecule has 34 heavy (non-hydrogen) atoms. The molecule has 0 radical (unpaired) electrons. The van der Waals surface area contributed by atoms with Gasteiger partial charge in [-0.3, -0.25) is 18.8 Å². The fraction of sp³-hybridized carbons (Fsp3) is 0.227. The summed E-state index contributed by atoms with van der Waals surface area (Å²) in [6.45, 7) is 1.79. The Hall–Kier alpha value is -4.79. The highest BCUT2D eigenvalue weighted by Crippen LogP contribution is 2.37. The topological polar surface area (TPSA) is 165 Å². The van der Waals surface area contributed by atoms with Crippen molar-refractivity contribution in [3.05, 3.63) is 81.9 Å². The predicted molar refractivity (Wildman–Crippen MR) is 118 cm³/mol. The van der Waals surface area contributed by atoms with Gasteiger partial charge in [-0.2, -0.15) is 10.4 Å². The van der Waals surface area contributed by atoms with Gasteiger partial charge in [0.25, 0.3) is 11.5 Å². The molecule has 12 nitrogen and oxygen atoms in total. The highest BCUT2D eigenvalue weighted by Gasteiger charge is 2.32. The van der Waals surface area contributed by atoms with Crippen LogP contribution in [0.15, 0.2) is 52.4 Å². The average Bonchev–Trinajstić information content (AvgIpc) is 3.50. The number of hydrogen-bond donors (Lipinski definition) is 2. The minimum Gasteiger partial charge on any atom is -0.501 e. The fourth-order valence-corrected chi connectivity index (χ4v) is 3.78. The minimum atomic E-state index is -0.809. The molecule has 1 amide bonds. The maximum Gasteiger partial charge on any atom is 0.296 e. The van der Waals surface area contributed by atoms with Crippen LogP contribution >= 0.6 is 0 Å². The van der Waals surface area contributed by atoms with E-state index in [1.807, 2.05) is 0 Å². The number of aromatic nitrogens is 6. The van der Waals surface area contributed by atoms with Gasteiger partial charge >= 0.3 is 0 Å². The van der Waals surface area contributed by atoms with E-state index < -0.39 is 34.7 Å². The molecule has 4 rings (SSSR count). The first-order valence-electron chi connectivity index (χ1n) is 10.2. The normalized spacial score (nSPS) is 12.6. The number of carbonyl (C=O) groups excluding carboxylic acids is 1. The van der Waals surface area contributed by atoms with E-state index in [0.29, 0.717) is 17.0 Å². The van der Waals surface area contributed by atoms with Crippen LogP contribution in [0.1, 0.15) is 52.0 Å². The van der Waals surface area contributed by atoms with E-state index in [1.165, 1.54) is 35.1 Å². The Morgan fingerprint density at radius 2 is 2.06 bits per heavy atom. The molecule has 0 spiro atoms. The highest BCUT2D eigenvalue weighted by atomic mass is 16.5. The molecule has 2 atom stereocenters. The molecular weight excluding hydrogens is 440 g/mol. The molecule has 2 N–H and O–H groups in total. The van der Waals surface area contributed by atoms with Gasteiger partial charge in [0.1, 0.15) is 24.1 Å². The second-order valence-corrected chi connectivity index (χ2v) is 7.64. The standard InChI is InChI=1S/C22H20N8O4/c1-12(16(19-24-11-29(2)28-19)15-7-5-4-6-13(15)8-23)20-27-17(18(31)22(33)30(20)3)21(32)26-14-9-25-34-10-14/h4-7,9-12,16,31H,1-3H3,(H,26,32)/t12-,16+/m1/s1. The summed E-state index contributed by atoms with van der Waals surface area (Å²) >= 11 is 0. The van der Waals surface area contributed by atoms with Crippen LogP contribution in [0.25, 0.3) is 0 Å². The molecule has 3 aromatic heterocycles. The maximum absolute atomic E-state index is 12.8. The van der Waals surface area contributed by atoms with Gasteiger partial charge in [-0.05, 0) is 11.6 Å². The zero-order chi connectivity index (χ0) is 24.4. The Balaban J connectivity index is 1.85. The summed E-state index contributed by atoms with van der Waals surface area (Å²) in [5.74, 6) is -2.14. The molecule has 0 aliphatic heterocycles. The number of nitriles is 1. The summed E-state index contributed by atoms with van der Waals surface area (Å²) in [4.78, 5) is 34.3. The molecule has 4 aromatic rings. The van der Waals surface area contributed by atoms with Crippen molar-refractivity contribution in [2.24, 2.45) is 14.1 Å². The number of aromatic hydroxyl groups is 1. The van der Waals surface area contributed by atoms with Gasteiger partial charge in [-0.15, -0.1) is 0 Å². The third-order valence-electron chi connectivity index (χ3n) is 5.43. The lowest BCUT2D eigenvalue weighted by Gasteiger charge is -2.24. The SMILES string of the molecule is C[C@@H](c1nc(C(=O)Nc2cnoc2)c(O)c(=O)n1C)[C@H](c1ncn(C)n1)c1ccccc1C#N. The summed E-state index contributed by atoms with van der Waals surface area (Å²) in [5.41, 5.74) is 0.0450. The van der Waals surface area contributed by atoms with Crippen molar-refractivity contribution < 1.29 is 14.4 Å². The van der Waals surface area contributed by atoms with Crippen molar-refractivity contribution in [1.29, 1.82) is 5.26 Å². The maximum atomic E-state index is 12.8. The number of carbonyl (C=O) groups is 1. The molecule has 0 unspecified atom stereocenters. The van der Waals surface area contributed by atoms with Gasteiger partial charge in [-0.25, -0.2) is 9.97 Å². The van der Waals surface area contributed by atoms with Crippen LogP contribution in [-0.4, -0.2) is 40.5 Å². The summed E-state index contributed by atoms with van der Waals surface area (Å²) in [7, 11) is 3.16. The van der Waals surface area contributed by atoms with Gasteiger partial charge in [0.15, 0.2) is 11.5 Å². The molecule has 0 aliphatic rings. The van der Waals surface area contributed by atoms with Crippen LogP contribution in [0.2, 0.25) is 0 Å². The van der Waals surface area contributed by atoms with Crippen LogP contribution in [0, 0.1) is 11.3 Å². The number of aryl methyl sites for hydroxylation is 1. The lowest BCUT2D eigenvalue weighted by Crippen LogP contribution is -2.29. The third-order valence-corrected chi connectivity index (χ3v) is 5.43. The summed E-state index contributed by atoms with van der Waals surface area (Å²) in [6.07, 6.45) is 3.99. The zero-order valence-corrected chi connectivity index (χ0v) is 18.5. The van der Waals surface area contributed by atoms with E-state index >= 15 is 0 Å². The van der Waals surface area contributed by atoms with E-state index in [2.05, 4.69) is 36.1 Å². The Bertz CT molecular complexity index is 1450. The van der Waals surface area contributed by atoms with Crippen molar-refractivity contribution >= 4 is 11.6 Å². The molecule has 0 bridgehead atoms. The number of nitrogens with one attached hydrogen (secondary N) is 1. The molecule has 172 valence electrons. The molecule has 1 aromatic carbocycles. The van der Waals surface area contributed by atoms with Crippen molar-refractivity contribution in [2.75, 3.05) is 5.32 Å². The Kier molecular flexibility index (Phi) is 5.92. The first-order chi connectivity index (χ1) is 16.3. The summed E-state index contributed by atoms with van der Waals surface area (Å²) < 4.78 is 7.38. The van der Waals surface area contributed by atoms with Gasteiger partial charge in [0.05, 0.1) is 23.7 Å². The molecule has 12 heteroatoms. The lowest BCUT2D eigenvalue weighted by molar-refractivity contribution is 0.101. The number of anilines is 1. The Morgan fingerprint density at radius 3 is 2.71 bits per heavy atom. The number of benzene rings is 1. The van der Waals surface area contributed by atoms with Gasteiger partial charge in [-0.1, -0.05) is 30.3 Å². The third kappa shape index (κ3) is 4.02. The van der Waals surface area contributed by atoms with Crippen molar-refractivity contribution in [2.45, 2.75) is 18.8 Å². The molecule has 3 heterocycles. The number of nitrogens with zero attached hydrogens (tertiary/aromatic N) is 7. The zero-order valence-electron chi connectivity index (χ0n) is 18.5. The Labute approximate surface area is 193 Å². The van der Waals surface area contributed by atoms with Crippen molar-refractivity contribution in [1.82, 2.24) is 29.5 Å². The van der Waals surface area contributed by atoms with E-state index in [-0.39, 0.29) is 11.5 Å². The van der Waals surface area contributed by atoms with Crippen molar-refractivity contribution in [3.8, 4) is 11.8 Å². The van der Waals surface area contributed by atoms with E-state index in [9.17, 15) is 20.0 Å². The molecule has 0 saturated carbocycles.